The highest BCUT2D eigenvalue weighted by molar-refractivity contribution is 5.89. The fourth-order valence-electron chi connectivity index (χ4n) is 3.26. The van der Waals surface area contributed by atoms with Gasteiger partial charge in [-0.3, -0.25) is 4.79 Å². The highest BCUT2D eigenvalue weighted by Crippen LogP contribution is 2.19. The van der Waals surface area contributed by atoms with Gasteiger partial charge in [-0.25, -0.2) is 4.79 Å². The maximum atomic E-state index is 12.0. The molecule has 0 atom stereocenters. The van der Waals surface area contributed by atoms with Crippen LogP contribution in [0.3, 0.4) is 0 Å². The highest BCUT2D eigenvalue weighted by atomic mass is 16.2. The van der Waals surface area contributed by atoms with E-state index in [0.717, 1.165) is 37.1 Å². The predicted molar refractivity (Wildman–Crippen MR) is 85.5 cm³/mol. The Bertz CT molecular complexity index is 553. The largest absolute Gasteiger partial charge is 0.338 e. The van der Waals surface area contributed by atoms with Crippen molar-refractivity contribution in [2.45, 2.75) is 51.1 Å². The molecule has 2 N–H and O–H groups in total. The number of hydrogen-bond acceptors (Lipinski definition) is 2. The van der Waals surface area contributed by atoms with Crippen LogP contribution in [-0.2, 0) is 11.3 Å². The highest BCUT2D eigenvalue weighted by Gasteiger charge is 2.20. The molecule has 5 nitrogen and oxygen atoms in total. The maximum absolute atomic E-state index is 12.0. The van der Waals surface area contributed by atoms with Gasteiger partial charge >= 0.3 is 6.03 Å². The molecule has 1 heterocycles. The molecule has 3 amide bonds. The quantitative estimate of drug-likeness (QED) is 0.898. The standard InChI is InChI=1S/C17H23N3O2/c21-16-9-4-10-20(16)12-13-5-3-8-15(11-13)19-17(22)18-14-6-1-2-7-14/h3,5,8,11,14H,1-2,4,6-7,9-10,12H2,(H2,18,19,22). The second-order valence-corrected chi connectivity index (χ2v) is 6.20. The number of benzene rings is 1. The van der Waals surface area contributed by atoms with Crippen molar-refractivity contribution in [1.29, 1.82) is 0 Å². The SMILES string of the molecule is O=C(Nc1cccc(CN2CCCC2=O)c1)NC1CCCC1. The topological polar surface area (TPSA) is 61.4 Å². The molecule has 1 aliphatic carbocycles. The fourth-order valence-corrected chi connectivity index (χ4v) is 3.26. The second-order valence-electron chi connectivity index (χ2n) is 6.20. The molecule has 0 bridgehead atoms. The van der Waals surface area contributed by atoms with Crippen molar-refractivity contribution in [2.24, 2.45) is 0 Å². The van der Waals surface area contributed by atoms with Crippen LogP contribution >= 0.6 is 0 Å². The maximum Gasteiger partial charge on any atom is 0.319 e. The number of amides is 3. The van der Waals surface area contributed by atoms with E-state index in [1.807, 2.05) is 29.2 Å². The molecule has 118 valence electrons. The van der Waals surface area contributed by atoms with Crippen molar-refractivity contribution in [1.82, 2.24) is 10.2 Å². The van der Waals surface area contributed by atoms with Crippen molar-refractivity contribution in [3.8, 4) is 0 Å². The van der Waals surface area contributed by atoms with Crippen molar-refractivity contribution in [2.75, 3.05) is 11.9 Å². The summed E-state index contributed by atoms with van der Waals surface area (Å²) in [6, 6.07) is 7.91. The zero-order chi connectivity index (χ0) is 15.4. The molecule has 2 aliphatic rings. The summed E-state index contributed by atoms with van der Waals surface area (Å²) in [5, 5.41) is 5.90. The Morgan fingerprint density at radius 2 is 2.05 bits per heavy atom. The number of nitrogens with zero attached hydrogens (tertiary/aromatic N) is 1. The first-order valence-electron chi connectivity index (χ1n) is 8.15. The number of rotatable bonds is 4. The van der Waals surface area contributed by atoms with Crippen molar-refractivity contribution in [3.05, 3.63) is 29.8 Å². The first-order chi connectivity index (χ1) is 10.7. The Morgan fingerprint density at radius 1 is 1.23 bits per heavy atom. The summed E-state index contributed by atoms with van der Waals surface area (Å²) in [6.45, 7) is 1.46. The van der Waals surface area contributed by atoms with Crippen molar-refractivity contribution in [3.63, 3.8) is 0 Å². The molecule has 1 aliphatic heterocycles. The normalized spacial score (nSPS) is 18.7. The fraction of sp³-hybridized carbons (Fsp3) is 0.529. The smallest absolute Gasteiger partial charge is 0.319 e. The number of nitrogens with one attached hydrogen (secondary N) is 2. The molecule has 1 saturated heterocycles. The molecule has 22 heavy (non-hydrogen) atoms. The average Bonchev–Trinajstić information content (AvgIpc) is 3.12. The molecule has 0 spiro atoms. The van der Waals surface area contributed by atoms with E-state index in [2.05, 4.69) is 10.6 Å². The van der Waals surface area contributed by atoms with Gasteiger partial charge in [-0.05, 0) is 37.0 Å². The zero-order valence-corrected chi connectivity index (χ0v) is 12.8. The third-order valence-electron chi connectivity index (χ3n) is 4.42. The van der Waals surface area contributed by atoms with Crippen LogP contribution in [-0.4, -0.2) is 29.4 Å². The minimum Gasteiger partial charge on any atom is -0.338 e. The van der Waals surface area contributed by atoms with Crippen LogP contribution in [0.4, 0.5) is 10.5 Å². The van der Waals surface area contributed by atoms with E-state index in [1.165, 1.54) is 12.8 Å². The third-order valence-corrected chi connectivity index (χ3v) is 4.42. The van der Waals surface area contributed by atoms with Crippen LogP contribution in [0.15, 0.2) is 24.3 Å². The van der Waals surface area contributed by atoms with Gasteiger partial charge in [0.25, 0.3) is 0 Å². The monoisotopic (exact) mass is 301 g/mol. The van der Waals surface area contributed by atoms with Gasteiger partial charge in [0.1, 0.15) is 0 Å². The Balaban J connectivity index is 1.56. The van der Waals surface area contributed by atoms with Crippen molar-refractivity contribution >= 4 is 17.6 Å². The summed E-state index contributed by atoms with van der Waals surface area (Å²) < 4.78 is 0. The number of hydrogen-bond donors (Lipinski definition) is 2. The summed E-state index contributed by atoms with van der Waals surface area (Å²) in [7, 11) is 0. The van der Waals surface area contributed by atoms with E-state index < -0.39 is 0 Å². The first-order valence-corrected chi connectivity index (χ1v) is 8.15. The molecule has 0 unspecified atom stereocenters. The molecule has 1 aromatic carbocycles. The number of anilines is 1. The molecule has 1 saturated carbocycles. The summed E-state index contributed by atoms with van der Waals surface area (Å²) in [4.78, 5) is 25.5. The average molecular weight is 301 g/mol. The summed E-state index contributed by atoms with van der Waals surface area (Å²) in [5.74, 6) is 0.220. The molecule has 2 fully saturated rings. The lowest BCUT2D eigenvalue weighted by Crippen LogP contribution is -2.36. The number of likely N-dealkylation sites (tertiary alicyclic amines) is 1. The molecule has 5 heteroatoms. The Hall–Kier alpha value is -2.04. The summed E-state index contributed by atoms with van der Waals surface area (Å²) >= 11 is 0. The number of carbonyl (C=O) groups is 2. The zero-order valence-electron chi connectivity index (χ0n) is 12.8. The molecule has 0 aromatic heterocycles. The lowest BCUT2D eigenvalue weighted by atomic mass is 10.2. The van der Waals surface area contributed by atoms with E-state index >= 15 is 0 Å². The van der Waals surface area contributed by atoms with E-state index in [1.54, 1.807) is 0 Å². The summed E-state index contributed by atoms with van der Waals surface area (Å²) in [6.07, 6.45) is 6.14. The number of carbonyl (C=O) groups excluding carboxylic acids is 2. The predicted octanol–water partition coefficient (Wildman–Crippen LogP) is 2.87. The second kappa shape index (κ2) is 6.81. The van der Waals surface area contributed by atoms with Gasteiger partial charge in [0.2, 0.25) is 5.91 Å². The van der Waals surface area contributed by atoms with E-state index in [0.29, 0.717) is 19.0 Å². The molecule has 0 radical (unpaired) electrons. The van der Waals surface area contributed by atoms with Gasteiger partial charge in [0.05, 0.1) is 0 Å². The van der Waals surface area contributed by atoms with Crippen molar-refractivity contribution < 1.29 is 9.59 Å². The van der Waals surface area contributed by atoms with Crippen LogP contribution < -0.4 is 10.6 Å². The van der Waals surface area contributed by atoms with Gasteiger partial charge in [-0.1, -0.05) is 25.0 Å². The van der Waals surface area contributed by atoms with E-state index in [-0.39, 0.29) is 11.9 Å². The van der Waals surface area contributed by atoms with Gasteiger partial charge in [-0.2, -0.15) is 0 Å². The van der Waals surface area contributed by atoms with Gasteiger partial charge < -0.3 is 15.5 Å². The lowest BCUT2D eigenvalue weighted by molar-refractivity contribution is -0.128. The Labute approximate surface area is 131 Å². The third kappa shape index (κ3) is 3.78. The minimum absolute atomic E-state index is 0.138. The van der Waals surface area contributed by atoms with E-state index in [4.69, 9.17) is 0 Å². The summed E-state index contributed by atoms with van der Waals surface area (Å²) in [5.41, 5.74) is 1.83. The van der Waals surface area contributed by atoms with Crippen LogP contribution in [0.2, 0.25) is 0 Å². The number of urea groups is 1. The van der Waals surface area contributed by atoms with Gasteiger partial charge in [0.15, 0.2) is 0 Å². The molecular weight excluding hydrogens is 278 g/mol. The lowest BCUT2D eigenvalue weighted by Gasteiger charge is -2.17. The van der Waals surface area contributed by atoms with Crippen LogP contribution in [0.5, 0.6) is 0 Å². The van der Waals surface area contributed by atoms with Crippen LogP contribution in [0.1, 0.15) is 44.1 Å². The first kappa shape index (κ1) is 14.9. The van der Waals surface area contributed by atoms with Crippen LogP contribution in [0, 0.1) is 0 Å². The Kier molecular flexibility index (Phi) is 4.61. The van der Waals surface area contributed by atoms with Gasteiger partial charge in [0, 0.05) is 31.2 Å². The van der Waals surface area contributed by atoms with Crippen LogP contribution in [0.25, 0.3) is 0 Å². The van der Waals surface area contributed by atoms with E-state index in [9.17, 15) is 9.59 Å². The minimum atomic E-state index is -0.138. The molecule has 1 aromatic rings. The molecule has 3 rings (SSSR count). The van der Waals surface area contributed by atoms with Gasteiger partial charge in [-0.15, -0.1) is 0 Å². The molecular formula is C17H23N3O2. The Morgan fingerprint density at radius 3 is 2.77 bits per heavy atom.